The highest BCUT2D eigenvalue weighted by atomic mass is 16.2. The van der Waals surface area contributed by atoms with E-state index < -0.39 is 5.91 Å². The molecular formula is C16H13N3O2. The molecule has 0 bridgehead atoms. The molecule has 0 saturated carbocycles. The Kier molecular flexibility index (Phi) is 3.23. The van der Waals surface area contributed by atoms with Gasteiger partial charge in [-0.2, -0.15) is 0 Å². The number of primary amides is 1. The SMILES string of the molecule is NC(=O)Cn1c(=O)c(-c2ccccc2)nc2ccccc21. The normalized spacial score (nSPS) is 10.7. The Morgan fingerprint density at radius 2 is 1.71 bits per heavy atom. The van der Waals surface area contributed by atoms with Crippen molar-refractivity contribution in [3.63, 3.8) is 0 Å². The van der Waals surface area contributed by atoms with Crippen LogP contribution >= 0.6 is 0 Å². The van der Waals surface area contributed by atoms with Gasteiger partial charge in [0.1, 0.15) is 12.2 Å². The van der Waals surface area contributed by atoms with E-state index in [2.05, 4.69) is 4.98 Å². The van der Waals surface area contributed by atoms with Crippen LogP contribution in [0.25, 0.3) is 22.3 Å². The van der Waals surface area contributed by atoms with Crippen molar-refractivity contribution in [2.45, 2.75) is 6.54 Å². The van der Waals surface area contributed by atoms with E-state index in [0.29, 0.717) is 22.3 Å². The van der Waals surface area contributed by atoms with Gasteiger partial charge in [0.05, 0.1) is 11.0 Å². The van der Waals surface area contributed by atoms with Crippen LogP contribution in [0.1, 0.15) is 0 Å². The average molecular weight is 279 g/mol. The molecule has 0 aliphatic carbocycles. The number of benzene rings is 2. The van der Waals surface area contributed by atoms with Crippen LogP contribution in [0.3, 0.4) is 0 Å². The minimum atomic E-state index is -0.563. The summed E-state index contributed by atoms with van der Waals surface area (Å²) in [6.07, 6.45) is 0. The molecule has 1 aromatic heterocycles. The summed E-state index contributed by atoms with van der Waals surface area (Å²) in [5.41, 5.74) is 7.21. The van der Waals surface area contributed by atoms with Crippen molar-refractivity contribution in [1.29, 1.82) is 0 Å². The number of rotatable bonds is 3. The number of fused-ring (bicyclic) bond motifs is 1. The first kappa shape index (κ1) is 13.1. The van der Waals surface area contributed by atoms with E-state index in [-0.39, 0.29) is 12.1 Å². The van der Waals surface area contributed by atoms with E-state index >= 15 is 0 Å². The third kappa shape index (κ3) is 2.41. The minimum absolute atomic E-state index is 0.165. The smallest absolute Gasteiger partial charge is 0.278 e. The predicted molar refractivity (Wildman–Crippen MR) is 80.6 cm³/mol. The number of hydrogen-bond donors (Lipinski definition) is 1. The molecule has 0 atom stereocenters. The molecule has 2 N–H and O–H groups in total. The summed E-state index contributed by atoms with van der Waals surface area (Å²) in [6.45, 7) is -0.165. The molecule has 0 unspecified atom stereocenters. The Hall–Kier alpha value is -2.95. The van der Waals surface area contributed by atoms with E-state index in [0.717, 1.165) is 0 Å². The fourth-order valence-electron chi connectivity index (χ4n) is 2.29. The Bertz CT molecular complexity index is 870. The minimum Gasteiger partial charge on any atom is -0.368 e. The molecule has 3 aromatic rings. The third-order valence-corrected chi connectivity index (χ3v) is 3.21. The molecule has 5 heteroatoms. The fourth-order valence-corrected chi connectivity index (χ4v) is 2.29. The molecule has 21 heavy (non-hydrogen) atoms. The van der Waals surface area contributed by atoms with Crippen LogP contribution < -0.4 is 11.3 Å². The molecule has 0 spiro atoms. The molecule has 3 rings (SSSR count). The topological polar surface area (TPSA) is 78.0 Å². The van der Waals surface area contributed by atoms with Crippen LogP contribution in [0.5, 0.6) is 0 Å². The number of nitrogens with zero attached hydrogens (tertiary/aromatic N) is 2. The predicted octanol–water partition coefficient (Wildman–Crippen LogP) is 1.55. The summed E-state index contributed by atoms with van der Waals surface area (Å²) >= 11 is 0. The van der Waals surface area contributed by atoms with Gasteiger partial charge in [0.15, 0.2) is 0 Å². The summed E-state index contributed by atoms with van der Waals surface area (Å²) in [5, 5.41) is 0. The highest BCUT2D eigenvalue weighted by molar-refractivity contribution is 5.81. The standard InChI is InChI=1S/C16H13N3O2/c17-14(20)10-19-13-9-5-4-8-12(13)18-15(16(19)21)11-6-2-1-3-7-11/h1-9H,10H2,(H2,17,20). The average Bonchev–Trinajstić information content (AvgIpc) is 2.50. The van der Waals surface area contributed by atoms with E-state index in [4.69, 9.17) is 5.73 Å². The molecule has 1 amide bonds. The summed E-state index contributed by atoms with van der Waals surface area (Å²) in [6, 6.07) is 16.4. The van der Waals surface area contributed by atoms with Gasteiger partial charge < -0.3 is 5.73 Å². The molecule has 0 saturated heterocycles. The largest absolute Gasteiger partial charge is 0.368 e. The van der Waals surface area contributed by atoms with Crippen LogP contribution in [0.4, 0.5) is 0 Å². The van der Waals surface area contributed by atoms with Crippen molar-refractivity contribution in [3.8, 4) is 11.3 Å². The van der Waals surface area contributed by atoms with Gasteiger partial charge in [-0.25, -0.2) is 4.98 Å². The second-order valence-corrected chi connectivity index (χ2v) is 4.67. The van der Waals surface area contributed by atoms with Gasteiger partial charge in [-0.05, 0) is 12.1 Å². The lowest BCUT2D eigenvalue weighted by Crippen LogP contribution is -2.30. The molecule has 0 aliphatic heterocycles. The number of carbonyl (C=O) groups excluding carboxylic acids is 1. The Morgan fingerprint density at radius 1 is 1.05 bits per heavy atom. The van der Waals surface area contributed by atoms with Gasteiger partial charge in [0, 0.05) is 5.56 Å². The maximum Gasteiger partial charge on any atom is 0.278 e. The van der Waals surface area contributed by atoms with Crippen LogP contribution in [0.2, 0.25) is 0 Å². The van der Waals surface area contributed by atoms with Crippen molar-refractivity contribution in [2.24, 2.45) is 5.73 Å². The monoisotopic (exact) mass is 279 g/mol. The summed E-state index contributed by atoms with van der Waals surface area (Å²) in [4.78, 5) is 28.3. The number of carbonyl (C=O) groups is 1. The second-order valence-electron chi connectivity index (χ2n) is 4.67. The number of para-hydroxylation sites is 2. The first-order valence-electron chi connectivity index (χ1n) is 6.50. The van der Waals surface area contributed by atoms with Crippen molar-refractivity contribution < 1.29 is 4.79 Å². The highest BCUT2D eigenvalue weighted by Crippen LogP contribution is 2.17. The molecule has 5 nitrogen and oxygen atoms in total. The molecule has 1 heterocycles. The second kappa shape index (κ2) is 5.20. The van der Waals surface area contributed by atoms with Crippen LogP contribution in [0, 0.1) is 0 Å². The zero-order valence-corrected chi connectivity index (χ0v) is 11.2. The Morgan fingerprint density at radius 3 is 2.43 bits per heavy atom. The maximum absolute atomic E-state index is 12.6. The molecule has 0 radical (unpaired) electrons. The lowest BCUT2D eigenvalue weighted by Gasteiger charge is -2.10. The number of hydrogen-bond acceptors (Lipinski definition) is 3. The number of nitrogens with two attached hydrogens (primary N) is 1. The molecule has 104 valence electrons. The highest BCUT2D eigenvalue weighted by Gasteiger charge is 2.13. The molecular weight excluding hydrogens is 266 g/mol. The summed E-state index contributed by atoms with van der Waals surface area (Å²) in [5.74, 6) is -0.563. The van der Waals surface area contributed by atoms with Gasteiger partial charge in [-0.1, -0.05) is 42.5 Å². The van der Waals surface area contributed by atoms with Gasteiger partial charge in [-0.3, -0.25) is 14.2 Å². The quantitative estimate of drug-likeness (QED) is 0.790. The van der Waals surface area contributed by atoms with E-state index in [1.807, 2.05) is 36.4 Å². The Labute approximate surface area is 120 Å². The van der Waals surface area contributed by atoms with Gasteiger partial charge in [-0.15, -0.1) is 0 Å². The maximum atomic E-state index is 12.6. The zero-order chi connectivity index (χ0) is 14.8. The molecule has 0 fully saturated rings. The van der Waals surface area contributed by atoms with Gasteiger partial charge >= 0.3 is 0 Å². The van der Waals surface area contributed by atoms with Crippen LogP contribution in [0.15, 0.2) is 59.4 Å². The first-order valence-corrected chi connectivity index (χ1v) is 6.50. The van der Waals surface area contributed by atoms with Gasteiger partial charge in [0.25, 0.3) is 5.56 Å². The van der Waals surface area contributed by atoms with Crippen LogP contribution in [-0.4, -0.2) is 15.5 Å². The van der Waals surface area contributed by atoms with Crippen molar-refractivity contribution in [3.05, 3.63) is 65.0 Å². The summed E-state index contributed by atoms with van der Waals surface area (Å²) < 4.78 is 1.37. The van der Waals surface area contributed by atoms with E-state index in [9.17, 15) is 9.59 Å². The van der Waals surface area contributed by atoms with E-state index in [1.165, 1.54) is 4.57 Å². The van der Waals surface area contributed by atoms with Crippen molar-refractivity contribution in [1.82, 2.24) is 9.55 Å². The van der Waals surface area contributed by atoms with E-state index in [1.54, 1.807) is 18.2 Å². The summed E-state index contributed by atoms with van der Waals surface area (Å²) in [7, 11) is 0. The van der Waals surface area contributed by atoms with Crippen molar-refractivity contribution in [2.75, 3.05) is 0 Å². The Balaban J connectivity index is 2.35. The van der Waals surface area contributed by atoms with Crippen LogP contribution in [-0.2, 0) is 11.3 Å². The lowest BCUT2D eigenvalue weighted by atomic mass is 10.1. The molecule has 0 aliphatic rings. The van der Waals surface area contributed by atoms with Gasteiger partial charge in [0.2, 0.25) is 5.91 Å². The number of aromatic nitrogens is 2. The number of amides is 1. The third-order valence-electron chi connectivity index (χ3n) is 3.21. The van der Waals surface area contributed by atoms with Crippen molar-refractivity contribution >= 4 is 16.9 Å². The molecule has 2 aromatic carbocycles. The lowest BCUT2D eigenvalue weighted by molar-refractivity contribution is -0.118. The fraction of sp³-hybridized carbons (Fsp3) is 0.0625. The first-order chi connectivity index (χ1) is 10.2. The zero-order valence-electron chi connectivity index (χ0n) is 11.2.